The van der Waals surface area contributed by atoms with Crippen molar-refractivity contribution in [3.63, 3.8) is 0 Å². The molecule has 21 heavy (non-hydrogen) atoms. The van der Waals surface area contributed by atoms with Crippen molar-refractivity contribution < 1.29 is 4.79 Å². The van der Waals surface area contributed by atoms with Crippen molar-refractivity contribution in [1.82, 2.24) is 15.5 Å². The fourth-order valence-corrected chi connectivity index (χ4v) is 2.54. The maximum absolute atomic E-state index is 12.1. The van der Waals surface area contributed by atoms with Gasteiger partial charge in [-0.3, -0.25) is 19.8 Å². The number of benzene rings is 1. The second-order valence-electron chi connectivity index (χ2n) is 5.28. The highest BCUT2D eigenvalue weighted by molar-refractivity contribution is 5.93. The number of hydrogen-bond donors (Lipinski definition) is 4. The Hall–Kier alpha value is -2.34. The van der Waals surface area contributed by atoms with E-state index in [1.807, 2.05) is 24.3 Å². The maximum atomic E-state index is 12.1. The quantitative estimate of drug-likeness (QED) is 0.686. The van der Waals surface area contributed by atoms with Crippen molar-refractivity contribution in [2.75, 3.05) is 18.4 Å². The molecule has 1 amide bonds. The zero-order chi connectivity index (χ0) is 14.7. The molecule has 1 aliphatic rings. The van der Waals surface area contributed by atoms with Crippen molar-refractivity contribution in [3.05, 3.63) is 40.7 Å². The molecule has 6 heteroatoms. The average molecular weight is 286 g/mol. The molecule has 1 aliphatic heterocycles. The van der Waals surface area contributed by atoms with E-state index < -0.39 is 0 Å². The van der Waals surface area contributed by atoms with E-state index in [9.17, 15) is 9.59 Å². The molecule has 0 radical (unpaired) electrons. The number of aromatic amines is 2. The first kappa shape index (κ1) is 13.6. The van der Waals surface area contributed by atoms with E-state index in [1.165, 1.54) is 6.07 Å². The SMILES string of the molecule is O=C(Nc1ccc(-c2cc(=O)[nH][nH]2)cc1)[C@H]1CCCNC1. The van der Waals surface area contributed by atoms with Gasteiger partial charge in [-0.05, 0) is 37.1 Å². The predicted molar refractivity (Wildman–Crippen MR) is 81.1 cm³/mol. The number of piperidine rings is 1. The van der Waals surface area contributed by atoms with E-state index >= 15 is 0 Å². The Bertz CT molecular complexity index is 665. The van der Waals surface area contributed by atoms with E-state index in [0.29, 0.717) is 0 Å². The first-order chi connectivity index (χ1) is 10.2. The van der Waals surface area contributed by atoms with Crippen LogP contribution in [0.5, 0.6) is 0 Å². The molecule has 3 rings (SSSR count). The number of amides is 1. The van der Waals surface area contributed by atoms with Crippen molar-refractivity contribution >= 4 is 11.6 Å². The highest BCUT2D eigenvalue weighted by Gasteiger charge is 2.20. The van der Waals surface area contributed by atoms with Gasteiger partial charge < -0.3 is 10.6 Å². The van der Waals surface area contributed by atoms with Crippen molar-refractivity contribution in [1.29, 1.82) is 0 Å². The molecule has 1 aromatic heterocycles. The van der Waals surface area contributed by atoms with Crippen molar-refractivity contribution in [3.8, 4) is 11.3 Å². The number of H-pyrrole nitrogens is 2. The Morgan fingerprint density at radius 3 is 2.62 bits per heavy atom. The summed E-state index contributed by atoms with van der Waals surface area (Å²) in [6.07, 6.45) is 1.97. The summed E-state index contributed by atoms with van der Waals surface area (Å²) in [4.78, 5) is 23.2. The van der Waals surface area contributed by atoms with Crippen LogP contribution in [0.4, 0.5) is 5.69 Å². The molecule has 0 aliphatic carbocycles. The van der Waals surface area contributed by atoms with Gasteiger partial charge in [-0.2, -0.15) is 0 Å². The molecule has 0 saturated carbocycles. The van der Waals surface area contributed by atoms with E-state index in [-0.39, 0.29) is 17.4 Å². The van der Waals surface area contributed by atoms with Gasteiger partial charge in [0.15, 0.2) is 0 Å². The third-order valence-electron chi connectivity index (χ3n) is 3.73. The number of carbonyl (C=O) groups is 1. The van der Waals surface area contributed by atoms with Crippen molar-refractivity contribution in [2.24, 2.45) is 5.92 Å². The monoisotopic (exact) mass is 286 g/mol. The minimum absolute atomic E-state index is 0.0412. The summed E-state index contributed by atoms with van der Waals surface area (Å²) in [6, 6.07) is 8.92. The summed E-state index contributed by atoms with van der Waals surface area (Å²) in [5, 5.41) is 11.5. The summed E-state index contributed by atoms with van der Waals surface area (Å²) < 4.78 is 0. The largest absolute Gasteiger partial charge is 0.326 e. The van der Waals surface area contributed by atoms with E-state index in [4.69, 9.17) is 0 Å². The zero-order valence-corrected chi connectivity index (χ0v) is 11.6. The minimum atomic E-state index is -0.160. The van der Waals surface area contributed by atoms with Crippen LogP contribution in [-0.2, 0) is 4.79 Å². The number of nitrogens with one attached hydrogen (secondary N) is 4. The fourth-order valence-electron chi connectivity index (χ4n) is 2.54. The summed E-state index contributed by atoms with van der Waals surface area (Å²) in [6.45, 7) is 1.74. The van der Waals surface area contributed by atoms with E-state index in [0.717, 1.165) is 42.9 Å². The molecule has 1 fully saturated rings. The Morgan fingerprint density at radius 2 is 2.00 bits per heavy atom. The first-order valence-electron chi connectivity index (χ1n) is 7.12. The van der Waals surface area contributed by atoms with Gasteiger partial charge in [0.2, 0.25) is 5.91 Å². The number of anilines is 1. The van der Waals surface area contributed by atoms with E-state index in [1.54, 1.807) is 0 Å². The second kappa shape index (κ2) is 5.97. The minimum Gasteiger partial charge on any atom is -0.326 e. The van der Waals surface area contributed by atoms with Gasteiger partial charge in [0.25, 0.3) is 5.56 Å². The summed E-state index contributed by atoms with van der Waals surface area (Å²) in [5.41, 5.74) is 2.24. The van der Waals surface area contributed by atoms with Crippen LogP contribution in [0, 0.1) is 5.92 Å². The smallest absolute Gasteiger partial charge is 0.264 e. The lowest BCUT2D eigenvalue weighted by atomic mass is 9.99. The lowest BCUT2D eigenvalue weighted by Gasteiger charge is -2.21. The molecule has 0 unspecified atom stereocenters. The molecular formula is C15H18N4O2. The van der Waals surface area contributed by atoms with Crippen LogP contribution in [0.15, 0.2) is 35.1 Å². The lowest BCUT2D eigenvalue weighted by molar-refractivity contribution is -0.120. The van der Waals surface area contributed by atoms with E-state index in [2.05, 4.69) is 20.8 Å². The Morgan fingerprint density at radius 1 is 1.19 bits per heavy atom. The Balaban J connectivity index is 1.66. The van der Waals surface area contributed by atoms with Crippen LogP contribution >= 0.6 is 0 Å². The van der Waals surface area contributed by atoms with Crippen molar-refractivity contribution in [2.45, 2.75) is 12.8 Å². The normalized spacial score (nSPS) is 18.4. The maximum Gasteiger partial charge on any atom is 0.264 e. The molecule has 0 spiro atoms. The summed E-state index contributed by atoms with van der Waals surface area (Å²) in [7, 11) is 0. The summed E-state index contributed by atoms with van der Waals surface area (Å²) >= 11 is 0. The fraction of sp³-hybridized carbons (Fsp3) is 0.333. The van der Waals surface area contributed by atoms with Gasteiger partial charge in [0.05, 0.1) is 11.6 Å². The topological polar surface area (TPSA) is 89.8 Å². The highest BCUT2D eigenvalue weighted by Crippen LogP contribution is 2.19. The third-order valence-corrected chi connectivity index (χ3v) is 3.73. The molecule has 1 atom stereocenters. The molecule has 0 bridgehead atoms. The van der Waals surface area contributed by atoms with Gasteiger partial charge in [0.1, 0.15) is 0 Å². The first-order valence-corrected chi connectivity index (χ1v) is 7.12. The number of carbonyl (C=O) groups excluding carboxylic acids is 1. The number of aromatic nitrogens is 2. The standard InChI is InChI=1S/C15H18N4O2/c20-14-8-13(18-19-14)10-3-5-12(6-4-10)17-15(21)11-2-1-7-16-9-11/h3-6,8,11,16H,1-2,7,9H2,(H,17,21)(H2,18,19,20)/t11-/m0/s1. The summed E-state index contributed by atoms with van der Waals surface area (Å²) in [5.74, 6) is 0.101. The van der Waals surface area contributed by atoms with Gasteiger partial charge in [-0.15, -0.1) is 0 Å². The van der Waals surface area contributed by atoms with Gasteiger partial charge in [-0.25, -0.2) is 0 Å². The Labute approximate surface area is 121 Å². The van der Waals surface area contributed by atoms with Crippen LogP contribution in [0.3, 0.4) is 0 Å². The van der Waals surface area contributed by atoms with Gasteiger partial charge in [0, 0.05) is 18.3 Å². The lowest BCUT2D eigenvalue weighted by Crippen LogP contribution is -2.37. The van der Waals surface area contributed by atoms with Crippen LogP contribution in [0.2, 0.25) is 0 Å². The molecule has 1 saturated heterocycles. The molecule has 2 heterocycles. The van der Waals surface area contributed by atoms with Gasteiger partial charge >= 0.3 is 0 Å². The van der Waals surface area contributed by atoms with Crippen LogP contribution in [0.25, 0.3) is 11.3 Å². The van der Waals surface area contributed by atoms with Gasteiger partial charge in [-0.1, -0.05) is 12.1 Å². The highest BCUT2D eigenvalue weighted by atomic mass is 16.2. The van der Waals surface area contributed by atoms with Crippen LogP contribution in [-0.4, -0.2) is 29.2 Å². The van der Waals surface area contributed by atoms with Crippen LogP contribution < -0.4 is 16.2 Å². The molecule has 4 N–H and O–H groups in total. The number of rotatable bonds is 3. The molecule has 2 aromatic rings. The molecule has 110 valence electrons. The average Bonchev–Trinajstić information content (AvgIpc) is 2.95. The van der Waals surface area contributed by atoms with Crippen LogP contribution in [0.1, 0.15) is 12.8 Å². The molecule has 1 aromatic carbocycles. The third kappa shape index (κ3) is 3.22. The molecular weight excluding hydrogens is 268 g/mol. The predicted octanol–water partition coefficient (Wildman–Crippen LogP) is 1.31. The Kier molecular flexibility index (Phi) is 3.87. The zero-order valence-electron chi connectivity index (χ0n) is 11.6. The molecule has 6 nitrogen and oxygen atoms in total. The number of hydrogen-bond acceptors (Lipinski definition) is 3. The second-order valence-corrected chi connectivity index (χ2v) is 5.28.